The van der Waals surface area contributed by atoms with Crippen LogP contribution in [0.25, 0.3) is 0 Å². The average Bonchev–Trinajstić information content (AvgIpc) is 2.64. The van der Waals surface area contributed by atoms with E-state index in [-0.39, 0.29) is 5.91 Å². The van der Waals surface area contributed by atoms with E-state index in [9.17, 15) is 4.79 Å². The standard InChI is InChI=1S/C10H18N2O2/c1-11-4-10(13)12-3-2-8-6-14-7-9(8)5-12/h8-9,11H,2-7H2,1H3/t8-,9-/m1/s1. The summed E-state index contributed by atoms with van der Waals surface area (Å²) in [7, 11) is 1.81. The molecule has 0 radical (unpaired) electrons. The van der Waals surface area contributed by atoms with Crippen LogP contribution in [0.1, 0.15) is 6.42 Å². The highest BCUT2D eigenvalue weighted by Gasteiger charge is 2.34. The summed E-state index contributed by atoms with van der Waals surface area (Å²) in [6, 6.07) is 0. The van der Waals surface area contributed by atoms with Crippen LogP contribution in [0.3, 0.4) is 0 Å². The number of likely N-dealkylation sites (N-methyl/N-ethyl adjacent to an activating group) is 1. The molecule has 4 heteroatoms. The van der Waals surface area contributed by atoms with E-state index in [1.165, 1.54) is 0 Å². The lowest BCUT2D eigenvalue weighted by molar-refractivity contribution is -0.132. The molecule has 0 saturated carbocycles. The second-order valence-electron chi connectivity index (χ2n) is 4.22. The van der Waals surface area contributed by atoms with Gasteiger partial charge in [-0.15, -0.1) is 0 Å². The van der Waals surface area contributed by atoms with Crippen LogP contribution < -0.4 is 5.32 Å². The third-order valence-corrected chi connectivity index (χ3v) is 3.24. The number of likely N-dealkylation sites (tertiary alicyclic amines) is 1. The molecule has 0 aliphatic carbocycles. The number of fused-ring (bicyclic) bond motifs is 1. The van der Waals surface area contributed by atoms with Crippen molar-refractivity contribution in [1.82, 2.24) is 10.2 Å². The molecule has 2 aliphatic heterocycles. The Morgan fingerprint density at radius 3 is 3.07 bits per heavy atom. The third-order valence-electron chi connectivity index (χ3n) is 3.24. The maximum Gasteiger partial charge on any atom is 0.236 e. The predicted octanol–water partition coefficient (Wildman–Crippen LogP) is -0.299. The lowest BCUT2D eigenvalue weighted by atomic mass is 9.89. The zero-order chi connectivity index (χ0) is 9.97. The molecule has 1 amide bonds. The first-order valence-corrected chi connectivity index (χ1v) is 5.31. The van der Waals surface area contributed by atoms with E-state index in [4.69, 9.17) is 4.74 Å². The van der Waals surface area contributed by atoms with E-state index in [2.05, 4.69) is 5.32 Å². The lowest BCUT2D eigenvalue weighted by Crippen LogP contribution is -2.46. The Morgan fingerprint density at radius 1 is 1.50 bits per heavy atom. The van der Waals surface area contributed by atoms with E-state index >= 15 is 0 Å². The molecule has 0 bridgehead atoms. The molecule has 2 rings (SSSR count). The highest BCUT2D eigenvalue weighted by molar-refractivity contribution is 5.78. The fourth-order valence-corrected chi connectivity index (χ4v) is 2.35. The van der Waals surface area contributed by atoms with Crippen LogP contribution in [0.4, 0.5) is 0 Å². The van der Waals surface area contributed by atoms with Gasteiger partial charge in [0.1, 0.15) is 0 Å². The Kier molecular flexibility index (Phi) is 3.03. The zero-order valence-electron chi connectivity index (χ0n) is 8.66. The van der Waals surface area contributed by atoms with E-state index in [1.807, 2.05) is 11.9 Å². The molecule has 80 valence electrons. The van der Waals surface area contributed by atoms with E-state index in [0.717, 1.165) is 32.7 Å². The maximum atomic E-state index is 11.6. The van der Waals surface area contributed by atoms with E-state index in [0.29, 0.717) is 18.4 Å². The zero-order valence-corrected chi connectivity index (χ0v) is 8.66. The fraction of sp³-hybridized carbons (Fsp3) is 0.900. The number of nitrogens with one attached hydrogen (secondary N) is 1. The molecule has 0 unspecified atom stereocenters. The van der Waals surface area contributed by atoms with Gasteiger partial charge >= 0.3 is 0 Å². The van der Waals surface area contributed by atoms with Gasteiger partial charge in [0.2, 0.25) is 5.91 Å². The Morgan fingerprint density at radius 2 is 2.29 bits per heavy atom. The molecule has 1 N–H and O–H groups in total. The van der Waals surface area contributed by atoms with Crippen LogP contribution in [0.2, 0.25) is 0 Å². The Bertz CT molecular complexity index is 220. The van der Waals surface area contributed by atoms with Gasteiger partial charge in [-0.2, -0.15) is 0 Å². The first kappa shape index (κ1) is 9.93. The van der Waals surface area contributed by atoms with Crippen molar-refractivity contribution >= 4 is 5.91 Å². The molecule has 4 nitrogen and oxygen atoms in total. The molecule has 2 fully saturated rings. The predicted molar refractivity (Wildman–Crippen MR) is 52.9 cm³/mol. The minimum Gasteiger partial charge on any atom is -0.381 e. The second-order valence-corrected chi connectivity index (χ2v) is 4.22. The summed E-state index contributed by atoms with van der Waals surface area (Å²) in [5.74, 6) is 1.51. The minimum absolute atomic E-state index is 0.220. The van der Waals surface area contributed by atoms with Crippen molar-refractivity contribution in [3.63, 3.8) is 0 Å². The molecule has 0 aromatic heterocycles. The quantitative estimate of drug-likeness (QED) is 0.662. The van der Waals surface area contributed by atoms with Crippen LogP contribution in [0.15, 0.2) is 0 Å². The number of hydrogen-bond acceptors (Lipinski definition) is 3. The largest absolute Gasteiger partial charge is 0.381 e. The van der Waals surface area contributed by atoms with E-state index < -0.39 is 0 Å². The molecule has 0 aromatic carbocycles. The van der Waals surface area contributed by atoms with Crippen LogP contribution >= 0.6 is 0 Å². The van der Waals surface area contributed by atoms with Gasteiger partial charge < -0.3 is 15.0 Å². The Balaban J connectivity index is 1.87. The maximum absolute atomic E-state index is 11.6. The summed E-state index contributed by atoms with van der Waals surface area (Å²) in [4.78, 5) is 13.6. The summed E-state index contributed by atoms with van der Waals surface area (Å²) in [6.07, 6.45) is 1.11. The summed E-state index contributed by atoms with van der Waals surface area (Å²) in [5, 5.41) is 2.90. The molecule has 2 heterocycles. The van der Waals surface area contributed by atoms with Crippen molar-refractivity contribution in [3.05, 3.63) is 0 Å². The highest BCUT2D eigenvalue weighted by atomic mass is 16.5. The number of ether oxygens (including phenoxy) is 1. The average molecular weight is 198 g/mol. The number of carbonyl (C=O) groups excluding carboxylic acids is 1. The minimum atomic E-state index is 0.220. The summed E-state index contributed by atoms with van der Waals surface area (Å²) in [5.41, 5.74) is 0. The van der Waals surface area contributed by atoms with Gasteiger partial charge in [0.25, 0.3) is 0 Å². The number of piperidine rings is 1. The first-order chi connectivity index (χ1) is 6.81. The van der Waals surface area contributed by atoms with Gasteiger partial charge in [-0.05, 0) is 19.4 Å². The van der Waals surface area contributed by atoms with Crippen LogP contribution in [-0.4, -0.2) is 50.7 Å². The van der Waals surface area contributed by atoms with Gasteiger partial charge in [-0.1, -0.05) is 0 Å². The van der Waals surface area contributed by atoms with Gasteiger partial charge in [0, 0.05) is 25.6 Å². The van der Waals surface area contributed by atoms with Crippen molar-refractivity contribution in [2.75, 3.05) is 39.9 Å². The molecule has 14 heavy (non-hydrogen) atoms. The highest BCUT2D eigenvalue weighted by Crippen LogP contribution is 2.28. The van der Waals surface area contributed by atoms with E-state index in [1.54, 1.807) is 0 Å². The van der Waals surface area contributed by atoms with Gasteiger partial charge in [-0.25, -0.2) is 0 Å². The van der Waals surface area contributed by atoms with Gasteiger partial charge in [0.05, 0.1) is 13.2 Å². The van der Waals surface area contributed by atoms with Crippen LogP contribution in [0, 0.1) is 11.8 Å². The number of amides is 1. The topological polar surface area (TPSA) is 41.6 Å². The van der Waals surface area contributed by atoms with Crippen LogP contribution in [0.5, 0.6) is 0 Å². The third kappa shape index (κ3) is 1.91. The normalized spacial score (nSPS) is 31.6. The van der Waals surface area contributed by atoms with Crippen molar-refractivity contribution in [1.29, 1.82) is 0 Å². The smallest absolute Gasteiger partial charge is 0.236 e. The van der Waals surface area contributed by atoms with Gasteiger partial charge in [0.15, 0.2) is 0 Å². The summed E-state index contributed by atoms with van der Waals surface area (Å²) < 4.78 is 5.43. The number of hydrogen-bond donors (Lipinski definition) is 1. The summed E-state index contributed by atoms with van der Waals surface area (Å²) >= 11 is 0. The molecular formula is C10H18N2O2. The SMILES string of the molecule is CNCC(=O)N1CC[C@@H]2COC[C@H]2C1. The molecule has 0 spiro atoms. The molecule has 2 aliphatic rings. The number of nitrogens with zero attached hydrogens (tertiary/aromatic N) is 1. The van der Waals surface area contributed by atoms with Crippen molar-refractivity contribution in [3.8, 4) is 0 Å². The van der Waals surface area contributed by atoms with Crippen molar-refractivity contribution < 1.29 is 9.53 Å². The Hall–Kier alpha value is -0.610. The number of carbonyl (C=O) groups is 1. The lowest BCUT2D eigenvalue weighted by Gasteiger charge is -2.33. The Labute approximate surface area is 84.6 Å². The molecule has 2 atom stereocenters. The van der Waals surface area contributed by atoms with Crippen LogP contribution in [-0.2, 0) is 9.53 Å². The number of rotatable bonds is 2. The fourth-order valence-electron chi connectivity index (χ4n) is 2.35. The van der Waals surface area contributed by atoms with Crippen molar-refractivity contribution in [2.24, 2.45) is 11.8 Å². The first-order valence-electron chi connectivity index (χ1n) is 5.31. The summed E-state index contributed by atoms with van der Waals surface area (Å²) in [6.45, 7) is 4.00. The van der Waals surface area contributed by atoms with Crippen molar-refractivity contribution in [2.45, 2.75) is 6.42 Å². The van der Waals surface area contributed by atoms with Gasteiger partial charge in [-0.3, -0.25) is 4.79 Å². The monoisotopic (exact) mass is 198 g/mol. The molecule has 0 aromatic rings. The molecular weight excluding hydrogens is 180 g/mol. The second kappa shape index (κ2) is 4.28. The molecule has 2 saturated heterocycles.